The first-order valence-electron chi connectivity index (χ1n) is 5.56. The lowest BCUT2D eigenvalue weighted by Gasteiger charge is -2.06. The largest absolute Gasteiger partial charge is 0.475 e. The minimum absolute atomic E-state index is 0.202. The molecule has 0 atom stereocenters. The summed E-state index contributed by atoms with van der Waals surface area (Å²) in [7, 11) is 1.62. The minimum atomic E-state index is -0.202. The van der Waals surface area contributed by atoms with Crippen molar-refractivity contribution in [2.45, 2.75) is 13.3 Å². The maximum Gasteiger partial charge on any atom is 0.254 e. The van der Waals surface area contributed by atoms with E-state index in [1.165, 1.54) is 6.07 Å². The van der Waals surface area contributed by atoms with E-state index in [-0.39, 0.29) is 5.56 Å². The summed E-state index contributed by atoms with van der Waals surface area (Å²) in [5, 5.41) is 0. The molecule has 1 N–H and O–H groups in total. The number of H-pyrrole nitrogens is 1. The molecule has 0 aliphatic carbocycles. The molecule has 1 aromatic heterocycles. The fourth-order valence-electron chi connectivity index (χ4n) is 1.17. The second-order valence-corrected chi connectivity index (χ2v) is 3.34. The van der Waals surface area contributed by atoms with Gasteiger partial charge in [-0.3, -0.25) is 4.79 Å². The van der Waals surface area contributed by atoms with Crippen LogP contribution in [0.25, 0.3) is 0 Å². The van der Waals surface area contributed by atoms with Gasteiger partial charge in [0, 0.05) is 13.5 Å². The normalized spacial score (nSPS) is 10.5. The van der Waals surface area contributed by atoms with Gasteiger partial charge in [0.2, 0.25) is 5.88 Å². The lowest BCUT2D eigenvalue weighted by atomic mass is 10.4. The van der Waals surface area contributed by atoms with Crippen molar-refractivity contribution in [2.75, 3.05) is 33.5 Å². The number of nitrogens with one attached hydrogen (secondary N) is 1. The Balaban J connectivity index is 2.31. The Bertz CT molecular complexity index is 378. The van der Waals surface area contributed by atoms with Crippen LogP contribution in [0.3, 0.4) is 0 Å². The summed E-state index contributed by atoms with van der Waals surface area (Å²) in [5.74, 6) is 0.953. The van der Waals surface area contributed by atoms with Gasteiger partial charge in [-0.05, 0) is 0 Å². The molecule has 0 saturated heterocycles. The summed E-state index contributed by atoms with van der Waals surface area (Å²) in [6.07, 6.45) is 0.663. The summed E-state index contributed by atoms with van der Waals surface area (Å²) in [4.78, 5) is 18.0. The lowest BCUT2D eigenvalue weighted by Crippen LogP contribution is -2.14. The number of aromatic amines is 1. The molecular weight excluding hydrogens is 224 g/mol. The molecule has 0 aromatic carbocycles. The fourth-order valence-corrected chi connectivity index (χ4v) is 1.17. The number of rotatable bonds is 8. The molecule has 0 spiro atoms. The maximum atomic E-state index is 11.2. The molecule has 0 amide bonds. The average Bonchev–Trinajstić information content (AvgIpc) is 2.33. The topological polar surface area (TPSA) is 73.4 Å². The highest BCUT2D eigenvalue weighted by Gasteiger charge is 2.00. The quantitative estimate of drug-likeness (QED) is 0.667. The Morgan fingerprint density at radius 1 is 1.29 bits per heavy atom. The highest BCUT2D eigenvalue weighted by molar-refractivity contribution is 5.08. The van der Waals surface area contributed by atoms with Crippen molar-refractivity contribution in [2.24, 2.45) is 0 Å². The van der Waals surface area contributed by atoms with E-state index in [1.54, 1.807) is 7.11 Å². The van der Waals surface area contributed by atoms with E-state index >= 15 is 0 Å². The van der Waals surface area contributed by atoms with Crippen LogP contribution in [0.5, 0.6) is 5.88 Å². The molecule has 1 heterocycles. The predicted molar refractivity (Wildman–Crippen MR) is 62.4 cm³/mol. The zero-order valence-electron chi connectivity index (χ0n) is 10.2. The summed E-state index contributed by atoms with van der Waals surface area (Å²) >= 11 is 0. The van der Waals surface area contributed by atoms with Gasteiger partial charge in [0.15, 0.2) is 0 Å². The molecule has 0 bridgehead atoms. The number of ether oxygens (including phenoxy) is 3. The monoisotopic (exact) mass is 242 g/mol. The summed E-state index contributed by atoms with van der Waals surface area (Å²) < 4.78 is 15.4. The van der Waals surface area contributed by atoms with Gasteiger partial charge in [-0.25, -0.2) is 4.98 Å². The Labute approximate surface area is 99.9 Å². The van der Waals surface area contributed by atoms with E-state index in [0.29, 0.717) is 44.6 Å². The second kappa shape index (κ2) is 7.81. The van der Waals surface area contributed by atoms with Gasteiger partial charge < -0.3 is 19.2 Å². The highest BCUT2D eigenvalue weighted by atomic mass is 16.5. The van der Waals surface area contributed by atoms with Crippen molar-refractivity contribution in [1.29, 1.82) is 0 Å². The Morgan fingerprint density at radius 3 is 2.76 bits per heavy atom. The van der Waals surface area contributed by atoms with Crippen molar-refractivity contribution >= 4 is 0 Å². The highest BCUT2D eigenvalue weighted by Crippen LogP contribution is 2.02. The van der Waals surface area contributed by atoms with E-state index in [2.05, 4.69) is 9.97 Å². The third-order valence-electron chi connectivity index (χ3n) is 2.01. The molecule has 1 aromatic rings. The van der Waals surface area contributed by atoms with Crippen LogP contribution >= 0.6 is 0 Å². The van der Waals surface area contributed by atoms with Gasteiger partial charge >= 0.3 is 0 Å². The van der Waals surface area contributed by atoms with Crippen molar-refractivity contribution in [3.05, 3.63) is 22.2 Å². The first-order chi connectivity index (χ1) is 8.26. The number of aromatic nitrogens is 2. The number of hydrogen-bond donors (Lipinski definition) is 1. The van der Waals surface area contributed by atoms with Crippen LogP contribution in [0, 0.1) is 0 Å². The van der Waals surface area contributed by atoms with E-state index in [0.717, 1.165) is 0 Å². The zero-order chi connectivity index (χ0) is 12.5. The molecule has 0 radical (unpaired) electrons. The third-order valence-corrected chi connectivity index (χ3v) is 2.01. The molecule has 1 rings (SSSR count). The maximum absolute atomic E-state index is 11.2. The minimum Gasteiger partial charge on any atom is -0.475 e. The number of aryl methyl sites for hydroxylation is 1. The van der Waals surface area contributed by atoms with E-state index in [4.69, 9.17) is 14.2 Å². The molecule has 0 unspecified atom stereocenters. The second-order valence-electron chi connectivity index (χ2n) is 3.34. The van der Waals surface area contributed by atoms with Crippen LogP contribution in [0.2, 0.25) is 0 Å². The van der Waals surface area contributed by atoms with Crippen LogP contribution in [-0.2, 0) is 15.9 Å². The van der Waals surface area contributed by atoms with Crippen molar-refractivity contribution < 1.29 is 14.2 Å². The molecule has 96 valence electrons. The van der Waals surface area contributed by atoms with E-state index < -0.39 is 0 Å². The molecular formula is C11H18N2O4. The number of nitrogens with zero attached hydrogens (tertiary/aromatic N) is 1. The van der Waals surface area contributed by atoms with Gasteiger partial charge in [0.1, 0.15) is 12.4 Å². The third kappa shape index (κ3) is 5.46. The predicted octanol–water partition coefficient (Wildman–Crippen LogP) is 0.374. The average molecular weight is 242 g/mol. The van der Waals surface area contributed by atoms with Crippen LogP contribution in [0.15, 0.2) is 10.9 Å². The molecule has 17 heavy (non-hydrogen) atoms. The number of hydrogen-bond acceptors (Lipinski definition) is 5. The van der Waals surface area contributed by atoms with Crippen LogP contribution in [-0.4, -0.2) is 43.5 Å². The van der Waals surface area contributed by atoms with Crippen LogP contribution < -0.4 is 10.3 Å². The molecule has 6 nitrogen and oxygen atoms in total. The lowest BCUT2D eigenvalue weighted by molar-refractivity contribution is 0.0536. The van der Waals surface area contributed by atoms with Gasteiger partial charge in [-0.15, -0.1) is 0 Å². The van der Waals surface area contributed by atoms with E-state index in [9.17, 15) is 4.79 Å². The summed E-state index contributed by atoms with van der Waals surface area (Å²) in [6, 6.07) is 1.33. The first kappa shape index (κ1) is 13.7. The van der Waals surface area contributed by atoms with Crippen LogP contribution in [0.1, 0.15) is 12.7 Å². The van der Waals surface area contributed by atoms with Crippen LogP contribution in [0.4, 0.5) is 0 Å². The molecule has 0 aliphatic rings. The van der Waals surface area contributed by atoms with Crippen molar-refractivity contribution in [3.8, 4) is 5.88 Å². The van der Waals surface area contributed by atoms with Gasteiger partial charge in [0.05, 0.1) is 25.9 Å². The molecule has 6 heteroatoms. The Hall–Kier alpha value is -1.40. The first-order valence-corrected chi connectivity index (χ1v) is 5.56. The molecule has 0 aliphatic heterocycles. The molecule has 0 saturated carbocycles. The summed E-state index contributed by atoms with van der Waals surface area (Å²) in [6.45, 7) is 3.81. The zero-order valence-corrected chi connectivity index (χ0v) is 10.2. The smallest absolute Gasteiger partial charge is 0.254 e. The van der Waals surface area contributed by atoms with Crippen molar-refractivity contribution in [1.82, 2.24) is 9.97 Å². The van der Waals surface area contributed by atoms with E-state index in [1.807, 2.05) is 6.92 Å². The number of methoxy groups -OCH3 is 1. The van der Waals surface area contributed by atoms with Gasteiger partial charge in [0.25, 0.3) is 5.56 Å². The Kier molecular flexibility index (Phi) is 6.27. The van der Waals surface area contributed by atoms with Gasteiger partial charge in [-0.2, -0.15) is 0 Å². The SMILES string of the molecule is CCc1nc(OCCOCCOC)cc(=O)[nH]1. The Morgan fingerprint density at radius 2 is 2.06 bits per heavy atom. The van der Waals surface area contributed by atoms with Gasteiger partial charge in [-0.1, -0.05) is 6.92 Å². The standard InChI is InChI=1S/C11H18N2O4/c1-3-9-12-10(14)8-11(13-9)17-7-6-16-5-4-15-2/h8H,3-7H2,1-2H3,(H,12,13,14). The fraction of sp³-hybridized carbons (Fsp3) is 0.636. The molecule has 0 fully saturated rings. The summed E-state index contributed by atoms with van der Waals surface area (Å²) in [5.41, 5.74) is -0.202. The van der Waals surface area contributed by atoms with Crippen molar-refractivity contribution in [3.63, 3.8) is 0 Å².